The lowest BCUT2D eigenvalue weighted by molar-refractivity contribution is -0.159. The molecule has 0 saturated carbocycles. The number of halogens is 1. The fourth-order valence-electron chi connectivity index (χ4n) is 2.28. The van der Waals surface area contributed by atoms with Crippen molar-refractivity contribution in [1.29, 1.82) is 0 Å². The first kappa shape index (κ1) is 15.8. The summed E-state index contributed by atoms with van der Waals surface area (Å²) in [6, 6.07) is 7.56. The van der Waals surface area contributed by atoms with Crippen LogP contribution in [0.4, 0.5) is 0 Å². The SMILES string of the molecule is O=C(O)[C@H]1CN(C(=O)CCCc2ccc(Cl)cc2)CCO1. The summed E-state index contributed by atoms with van der Waals surface area (Å²) in [5, 5.41) is 9.61. The predicted octanol–water partition coefficient (Wildman–Crippen LogP) is 1.97. The van der Waals surface area contributed by atoms with Gasteiger partial charge < -0.3 is 14.7 Å². The van der Waals surface area contributed by atoms with Crippen LogP contribution in [0, 0.1) is 0 Å². The van der Waals surface area contributed by atoms with Gasteiger partial charge in [-0.1, -0.05) is 23.7 Å². The first-order valence-corrected chi connectivity index (χ1v) is 7.30. The Balaban J connectivity index is 1.76. The zero-order valence-corrected chi connectivity index (χ0v) is 12.4. The van der Waals surface area contributed by atoms with Gasteiger partial charge in [0.1, 0.15) is 0 Å². The summed E-state index contributed by atoms with van der Waals surface area (Å²) in [5.74, 6) is -1.04. The molecule has 114 valence electrons. The van der Waals surface area contributed by atoms with Gasteiger partial charge in [-0.05, 0) is 30.5 Å². The second-order valence-electron chi connectivity index (χ2n) is 5.02. The number of carbonyl (C=O) groups is 2. The van der Waals surface area contributed by atoms with Crippen molar-refractivity contribution in [2.24, 2.45) is 0 Å². The Labute approximate surface area is 128 Å². The number of aliphatic carboxylic acids is 1. The summed E-state index contributed by atoms with van der Waals surface area (Å²) in [6.45, 7) is 0.874. The molecule has 1 aliphatic rings. The van der Waals surface area contributed by atoms with Gasteiger partial charge in [0.15, 0.2) is 6.10 Å². The third-order valence-electron chi connectivity index (χ3n) is 3.46. The van der Waals surface area contributed by atoms with E-state index < -0.39 is 12.1 Å². The topological polar surface area (TPSA) is 66.8 Å². The normalized spacial score (nSPS) is 18.5. The van der Waals surface area contributed by atoms with E-state index in [0.29, 0.717) is 18.0 Å². The molecule has 1 heterocycles. The van der Waals surface area contributed by atoms with E-state index in [1.165, 1.54) is 0 Å². The minimum atomic E-state index is -1.02. The van der Waals surface area contributed by atoms with E-state index in [-0.39, 0.29) is 19.1 Å². The highest BCUT2D eigenvalue weighted by molar-refractivity contribution is 6.30. The lowest BCUT2D eigenvalue weighted by atomic mass is 10.1. The minimum absolute atomic E-state index is 0.0153. The van der Waals surface area contributed by atoms with E-state index in [9.17, 15) is 9.59 Å². The molecule has 1 amide bonds. The molecule has 21 heavy (non-hydrogen) atoms. The third kappa shape index (κ3) is 4.72. The first-order valence-electron chi connectivity index (χ1n) is 6.93. The van der Waals surface area contributed by atoms with Gasteiger partial charge in [0.05, 0.1) is 13.2 Å². The molecule has 0 aromatic heterocycles. The summed E-state index contributed by atoms with van der Waals surface area (Å²) in [7, 11) is 0. The number of carbonyl (C=O) groups excluding carboxylic acids is 1. The van der Waals surface area contributed by atoms with Crippen LogP contribution >= 0.6 is 11.6 Å². The van der Waals surface area contributed by atoms with Crippen LogP contribution in [0.25, 0.3) is 0 Å². The molecule has 1 aliphatic heterocycles. The first-order chi connectivity index (χ1) is 10.1. The smallest absolute Gasteiger partial charge is 0.334 e. The van der Waals surface area contributed by atoms with Gasteiger partial charge in [-0.25, -0.2) is 4.79 Å². The molecular weight excluding hydrogens is 294 g/mol. The highest BCUT2D eigenvalue weighted by Gasteiger charge is 2.28. The van der Waals surface area contributed by atoms with E-state index in [2.05, 4.69) is 0 Å². The standard InChI is InChI=1S/C15H18ClNO4/c16-12-6-4-11(5-7-12)2-1-3-14(18)17-8-9-21-13(10-17)15(19)20/h4-7,13H,1-3,8-10H2,(H,19,20)/t13-/m1/s1. The highest BCUT2D eigenvalue weighted by Crippen LogP contribution is 2.13. The molecule has 0 unspecified atom stereocenters. The number of hydrogen-bond donors (Lipinski definition) is 1. The Kier molecular flexibility index (Phi) is 5.59. The number of ether oxygens (including phenoxy) is 1. The highest BCUT2D eigenvalue weighted by atomic mass is 35.5. The summed E-state index contributed by atoms with van der Waals surface area (Å²) in [6.07, 6.45) is 1.04. The van der Waals surface area contributed by atoms with E-state index in [0.717, 1.165) is 18.4 Å². The summed E-state index contributed by atoms with van der Waals surface area (Å²) >= 11 is 5.82. The average Bonchev–Trinajstić information content (AvgIpc) is 2.49. The lowest BCUT2D eigenvalue weighted by Gasteiger charge is -2.30. The number of morpholine rings is 1. The molecule has 6 heteroatoms. The van der Waals surface area contributed by atoms with Crippen molar-refractivity contribution in [1.82, 2.24) is 4.90 Å². The van der Waals surface area contributed by atoms with Gasteiger partial charge >= 0.3 is 5.97 Å². The van der Waals surface area contributed by atoms with Gasteiger partial charge in [-0.3, -0.25) is 4.79 Å². The van der Waals surface area contributed by atoms with Gasteiger partial charge in [0.2, 0.25) is 5.91 Å². The Morgan fingerprint density at radius 2 is 2.05 bits per heavy atom. The maximum Gasteiger partial charge on any atom is 0.334 e. The van der Waals surface area contributed by atoms with E-state index in [1.54, 1.807) is 4.90 Å². The van der Waals surface area contributed by atoms with Crippen LogP contribution in [0.3, 0.4) is 0 Å². The number of rotatable bonds is 5. The molecule has 0 aliphatic carbocycles. The second-order valence-corrected chi connectivity index (χ2v) is 5.45. The van der Waals surface area contributed by atoms with E-state index >= 15 is 0 Å². The maximum absolute atomic E-state index is 12.1. The van der Waals surface area contributed by atoms with Crippen LogP contribution in [0.2, 0.25) is 5.02 Å². The Morgan fingerprint density at radius 1 is 1.33 bits per heavy atom. The molecule has 1 N–H and O–H groups in total. The largest absolute Gasteiger partial charge is 0.479 e. The van der Waals surface area contributed by atoms with Crippen LogP contribution in [-0.4, -0.2) is 47.7 Å². The fraction of sp³-hybridized carbons (Fsp3) is 0.467. The molecule has 1 saturated heterocycles. The van der Waals surface area contributed by atoms with E-state index in [1.807, 2.05) is 24.3 Å². The van der Waals surface area contributed by atoms with Crippen molar-refractivity contribution in [3.05, 3.63) is 34.9 Å². The van der Waals surface area contributed by atoms with Gasteiger partial charge in [0.25, 0.3) is 0 Å². The lowest BCUT2D eigenvalue weighted by Crippen LogP contribution is -2.48. The molecular formula is C15H18ClNO4. The Hall–Kier alpha value is -1.59. The zero-order chi connectivity index (χ0) is 15.2. The minimum Gasteiger partial charge on any atom is -0.479 e. The van der Waals surface area contributed by atoms with Gasteiger partial charge in [-0.15, -0.1) is 0 Å². The summed E-state index contributed by atoms with van der Waals surface area (Å²) in [5.41, 5.74) is 1.14. The number of carboxylic acid groups (broad SMARTS) is 1. The van der Waals surface area contributed by atoms with Crippen molar-refractivity contribution in [2.45, 2.75) is 25.4 Å². The number of benzene rings is 1. The number of amides is 1. The number of nitrogens with zero attached hydrogens (tertiary/aromatic N) is 1. The Morgan fingerprint density at radius 3 is 2.71 bits per heavy atom. The van der Waals surface area contributed by atoms with Crippen molar-refractivity contribution in [3.63, 3.8) is 0 Å². The van der Waals surface area contributed by atoms with Crippen LogP contribution in [0.1, 0.15) is 18.4 Å². The molecule has 5 nitrogen and oxygen atoms in total. The second kappa shape index (κ2) is 7.43. The zero-order valence-electron chi connectivity index (χ0n) is 11.6. The number of aryl methyl sites for hydroxylation is 1. The van der Waals surface area contributed by atoms with Crippen molar-refractivity contribution >= 4 is 23.5 Å². The summed E-state index contributed by atoms with van der Waals surface area (Å²) in [4.78, 5) is 24.5. The van der Waals surface area contributed by atoms with Gasteiger partial charge in [-0.2, -0.15) is 0 Å². The van der Waals surface area contributed by atoms with Crippen molar-refractivity contribution in [2.75, 3.05) is 19.7 Å². The van der Waals surface area contributed by atoms with Gasteiger partial charge in [0, 0.05) is 18.0 Å². The van der Waals surface area contributed by atoms with Crippen LogP contribution in [0.15, 0.2) is 24.3 Å². The van der Waals surface area contributed by atoms with E-state index in [4.69, 9.17) is 21.4 Å². The van der Waals surface area contributed by atoms with Crippen LogP contribution < -0.4 is 0 Å². The predicted molar refractivity (Wildman–Crippen MR) is 78.3 cm³/mol. The molecule has 2 rings (SSSR count). The maximum atomic E-state index is 12.1. The molecule has 0 radical (unpaired) electrons. The molecule has 1 atom stereocenters. The van der Waals surface area contributed by atoms with Crippen molar-refractivity contribution < 1.29 is 19.4 Å². The molecule has 0 spiro atoms. The quantitative estimate of drug-likeness (QED) is 0.903. The molecule has 0 bridgehead atoms. The molecule has 1 aromatic rings. The monoisotopic (exact) mass is 311 g/mol. The average molecular weight is 312 g/mol. The Bertz CT molecular complexity index is 503. The fourth-order valence-corrected chi connectivity index (χ4v) is 2.40. The van der Waals surface area contributed by atoms with Crippen LogP contribution in [0.5, 0.6) is 0 Å². The molecule has 1 fully saturated rings. The van der Waals surface area contributed by atoms with Crippen LogP contribution in [-0.2, 0) is 20.7 Å². The number of carboxylic acids is 1. The summed E-state index contributed by atoms with van der Waals surface area (Å²) < 4.78 is 5.10. The number of hydrogen-bond acceptors (Lipinski definition) is 3. The third-order valence-corrected chi connectivity index (χ3v) is 3.72. The van der Waals surface area contributed by atoms with Crippen molar-refractivity contribution in [3.8, 4) is 0 Å². The molecule has 1 aromatic carbocycles.